The highest BCUT2D eigenvalue weighted by atomic mass is 16.6. The molecule has 1 aliphatic rings. The molecule has 0 aromatic heterocycles. The summed E-state index contributed by atoms with van der Waals surface area (Å²) < 4.78 is 0. The molecular weight excluding hydrogens is 262 g/mol. The van der Waals surface area contributed by atoms with Gasteiger partial charge in [0.25, 0.3) is 5.91 Å². The van der Waals surface area contributed by atoms with Gasteiger partial charge in [-0.3, -0.25) is 4.79 Å². The van der Waals surface area contributed by atoms with E-state index >= 15 is 0 Å². The van der Waals surface area contributed by atoms with Crippen molar-refractivity contribution in [3.63, 3.8) is 0 Å². The predicted octanol–water partition coefficient (Wildman–Crippen LogP) is 0.453. The number of amides is 1. The Bertz CT molecular complexity index is 382. The van der Waals surface area contributed by atoms with Crippen molar-refractivity contribution in [2.24, 2.45) is 5.16 Å². The molecule has 0 saturated heterocycles. The Labute approximate surface area is 119 Å². The van der Waals surface area contributed by atoms with E-state index in [1.807, 2.05) is 0 Å². The Morgan fingerprint density at radius 1 is 1.50 bits per heavy atom. The molecule has 0 aliphatic carbocycles. The summed E-state index contributed by atoms with van der Waals surface area (Å²) in [6, 6.07) is 0.517. The molecule has 1 atom stereocenters. The molecule has 114 valence electrons. The van der Waals surface area contributed by atoms with Gasteiger partial charge in [-0.15, -0.1) is 0 Å². The SMILES string of the molecule is CC(C)N(C)CCCCNC(=O)C1CC(C(=O)O)=NO1. The normalized spacial score (nSPS) is 18.1. The second kappa shape index (κ2) is 7.84. The molecule has 0 radical (unpaired) electrons. The Balaban J connectivity index is 2.12. The first-order valence-corrected chi connectivity index (χ1v) is 6.85. The van der Waals surface area contributed by atoms with Gasteiger partial charge in [-0.2, -0.15) is 0 Å². The average molecular weight is 285 g/mol. The number of nitrogens with zero attached hydrogens (tertiary/aromatic N) is 2. The fraction of sp³-hybridized carbons (Fsp3) is 0.769. The van der Waals surface area contributed by atoms with Gasteiger partial charge >= 0.3 is 5.97 Å². The summed E-state index contributed by atoms with van der Waals surface area (Å²) in [5, 5.41) is 14.8. The van der Waals surface area contributed by atoms with Crippen LogP contribution in [-0.2, 0) is 14.4 Å². The van der Waals surface area contributed by atoms with Gasteiger partial charge in [-0.25, -0.2) is 4.79 Å². The minimum atomic E-state index is -1.14. The monoisotopic (exact) mass is 285 g/mol. The molecule has 20 heavy (non-hydrogen) atoms. The number of rotatable bonds is 8. The van der Waals surface area contributed by atoms with Gasteiger partial charge in [-0.05, 0) is 40.3 Å². The topological polar surface area (TPSA) is 91.2 Å². The molecule has 1 heterocycles. The third kappa shape index (κ3) is 5.16. The number of oxime groups is 1. The second-order valence-corrected chi connectivity index (χ2v) is 5.21. The fourth-order valence-electron chi connectivity index (χ4n) is 1.71. The maximum Gasteiger partial charge on any atom is 0.353 e. The van der Waals surface area contributed by atoms with Gasteiger partial charge in [0, 0.05) is 19.0 Å². The van der Waals surface area contributed by atoms with Gasteiger partial charge in [0.1, 0.15) is 0 Å². The van der Waals surface area contributed by atoms with E-state index < -0.39 is 12.1 Å². The fourth-order valence-corrected chi connectivity index (χ4v) is 1.71. The molecule has 1 rings (SSSR count). The summed E-state index contributed by atoms with van der Waals surface area (Å²) in [6.07, 6.45) is 1.09. The Hall–Kier alpha value is -1.63. The lowest BCUT2D eigenvalue weighted by molar-refractivity contribution is -0.131. The van der Waals surface area contributed by atoms with E-state index in [0.29, 0.717) is 12.6 Å². The zero-order chi connectivity index (χ0) is 15.1. The molecule has 0 aromatic carbocycles. The molecule has 0 bridgehead atoms. The van der Waals surface area contributed by atoms with E-state index in [2.05, 4.69) is 36.3 Å². The van der Waals surface area contributed by atoms with Crippen molar-refractivity contribution in [2.75, 3.05) is 20.1 Å². The van der Waals surface area contributed by atoms with Crippen LogP contribution in [0.15, 0.2) is 5.16 Å². The molecule has 0 aromatic rings. The summed E-state index contributed by atoms with van der Waals surface area (Å²) in [6.45, 7) is 5.82. The van der Waals surface area contributed by atoms with Crippen LogP contribution in [0.4, 0.5) is 0 Å². The van der Waals surface area contributed by atoms with Gasteiger partial charge in [0.15, 0.2) is 5.71 Å². The predicted molar refractivity (Wildman–Crippen MR) is 74.6 cm³/mol. The lowest BCUT2D eigenvalue weighted by Gasteiger charge is -2.20. The second-order valence-electron chi connectivity index (χ2n) is 5.21. The number of hydrogen-bond donors (Lipinski definition) is 2. The maximum absolute atomic E-state index is 11.7. The third-order valence-corrected chi connectivity index (χ3v) is 3.33. The standard InChI is InChI=1S/C13H23N3O4/c1-9(2)16(3)7-5-4-6-14-12(17)11-8-10(13(18)19)15-20-11/h9,11H,4-8H2,1-3H3,(H,14,17)(H,18,19). The van der Waals surface area contributed by atoms with Crippen molar-refractivity contribution in [3.05, 3.63) is 0 Å². The van der Waals surface area contributed by atoms with Crippen molar-refractivity contribution >= 4 is 17.6 Å². The molecule has 0 fully saturated rings. The summed E-state index contributed by atoms with van der Waals surface area (Å²) >= 11 is 0. The van der Waals surface area contributed by atoms with Crippen LogP contribution in [-0.4, -0.2) is 59.9 Å². The molecule has 7 heteroatoms. The molecule has 1 unspecified atom stereocenters. The van der Waals surface area contributed by atoms with Crippen molar-refractivity contribution in [1.29, 1.82) is 0 Å². The van der Waals surface area contributed by atoms with E-state index in [0.717, 1.165) is 19.4 Å². The third-order valence-electron chi connectivity index (χ3n) is 3.33. The number of unbranched alkanes of at least 4 members (excludes halogenated alkanes) is 1. The molecule has 1 aliphatic heterocycles. The number of carboxylic acids is 1. The van der Waals surface area contributed by atoms with Crippen molar-refractivity contribution in [1.82, 2.24) is 10.2 Å². The summed E-state index contributed by atoms with van der Waals surface area (Å²) in [5.41, 5.74) is -0.108. The van der Waals surface area contributed by atoms with E-state index in [-0.39, 0.29) is 18.0 Å². The van der Waals surface area contributed by atoms with Crippen LogP contribution in [0.25, 0.3) is 0 Å². The minimum Gasteiger partial charge on any atom is -0.477 e. The lowest BCUT2D eigenvalue weighted by Crippen LogP contribution is -2.36. The van der Waals surface area contributed by atoms with Gasteiger partial charge in [0.2, 0.25) is 6.10 Å². The highest BCUT2D eigenvalue weighted by Crippen LogP contribution is 2.10. The van der Waals surface area contributed by atoms with Gasteiger partial charge < -0.3 is 20.2 Å². The first kappa shape index (κ1) is 16.4. The highest BCUT2D eigenvalue weighted by molar-refractivity contribution is 6.36. The number of carbonyl (C=O) groups is 2. The van der Waals surface area contributed by atoms with Crippen LogP contribution >= 0.6 is 0 Å². The van der Waals surface area contributed by atoms with Crippen molar-refractivity contribution < 1.29 is 19.5 Å². The number of hydrogen-bond acceptors (Lipinski definition) is 5. The zero-order valence-electron chi connectivity index (χ0n) is 12.3. The minimum absolute atomic E-state index is 0.0251. The Morgan fingerprint density at radius 2 is 2.20 bits per heavy atom. The van der Waals surface area contributed by atoms with Crippen LogP contribution in [0.2, 0.25) is 0 Å². The number of carbonyl (C=O) groups excluding carboxylic acids is 1. The summed E-state index contributed by atoms with van der Waals surface area (Å²) in [5.74, 6) is -1.45. The summed E-state index contributed by atoms with van der Waals surface area (Å²) in [7, 11) is 2.07. The van der Waals surface area contributed by atoms with Crippen molar-refractivity contribution in [2.45, 2.75) is 45.3 Å². The molecule has 1 amide bonds. The number of carboxylic acid groups (broad SMARTS) is 1. The molecular formula is C13H23N3O4. The Kier molecular flexibility index (Phi) is 6.44. The van der Waals surface area contributed by atoms with Crippen LogP contribution in [0.5, 0.6) is 0 Å². The van der Waals surface area contributed by atoms with Crippen LogP contribution in [0, 0.1) is 0 Å². The van der Waals surface area contributed by atoms with Gasteiger partial charge in [0.05, 0.1) is 0 Å². The largest absolute Gasteiger partial charge is 0.477 e. The first-order valence-electron chi connectivity index (χ1n) is 6.85. The van der Waals surface area contributed by atoms with Gasteiger partial charge in [-0.1, -0.05) is 5.16 Å². The number of aliphatic carboxylic acids is 1. The van der Waals surface area contributed by atoms with E-state index in [1.54, 1.807) is 0 Å². The molecule has 0 spiro atoms. The highest BCUT2D eigenvalue weighted by Gasteiger charge is 2.31. The Morgan fingerprint density at radius 3 is 2.75 bits per heavy atom. The summed E-state index contributed by atoms with van der Waals surface area (Å²) in [4.78, 5) is 29.4. The van der Waals surface area contributed by atoms with Crippen LogP contribution in [0.1, 0.15) is 33.1 Å². The first-order chi connectivity index (χ1) is 9.41. The lowest BCUT2D eigenvalue weighted by atomic mass is 10.1. The van der Waals surface area contributed by atoms with E-state index in [9.17, 15) is 9.59 Å². The maximum atomic E-state index is 11.7. The van der Waals surface area contributed by atoms with Crippen molar-refractivity contribution in [3.8, 4) is 0 Å². The molecule has 7 nitrogen and oxygen atoms in total. The van der Waals surface area contributed by atoms with E-state index in [1.165, 1.54) is 0 Å². The smallest absolute Gasteiger partial charge is 0.353 e. The molecule has 0 saturated carbocycles. The number of nitrogens with one attached hydrogen (secondary N) is 1. The van der Waals surface area contributed by atoms with E-state index in [4.69, 9.17) is 9.94 Å². The zero-order valence-corrected chi connectivity index (χ0v) is 12.3. The average Bonchev–Trinajstić information content (AvgIpc) is 2.87. The van der Waals surface area contributed by atoms with Crippen LogP contribution in [0.3, 0.4) is 0 Å². The van der Waals surface area contributed by atoms with Crippen LogP contribution < -0.4 is 5.32 Å². The quantitative estimate of drug-likeness (QED) is 0.632. The molecule has 2 N–H and O–H groups in total.